The number of hydrogen-bond donors (Lipinski definition) is 1. The highest BCUT2D eigenvalue weighted by molar-refractivity contribution is 7.13. The number of fused-ring (bicyclic) bond motifs is 1. The van der Waals surface area contributed by atoms with Crippen molar-refractivity contribution in [3.05, 3.63) is 41.7 Å². The average molecular weight is 496 g/mol. The SMILES string of the molecule is CCOc1ccc(NC(=O)C2CCN(c3c(C(=O)N(CC)CC)cnc4snc(C)c34)CC2)cc1. The number of ether oxygens (including phenoxy) is 1. The summed E-state index contributed by atoms with van der Waals surface area (Å²) >= 11 is 1.36. The number of benzene rings is 1. The molecule has 0 saturated carbocycles. The molecular formula is C26H33N5O3S. The van der Waals surface area contributed by atoms with Gasteiger partial charge in [-0.2, -0.15) is 4.37 Å². The molecule has 1 aliphatic heterocycles. The van der Waals surface area contributed by atoms with Crippen molar-refractivity contribution in [2.45, 2.75) is 40.5 Å². The number of nitrogens with zero attached hydrogens (tertiary/aromatic N) is 4. The van der Waals surface area contributed by atoms with Crippen molar-refractivity contribution >= 4 is 44.9 Å². The minimum Gasteiger partial charge on any atom is -0.494 e. The number of pyridine rings is 1. The smallest absolute Gasteiger partial charge is 0.257 e. The lowest BCUT2D eigenvalue weighted by Crippen LogP contribution is -2.40. The molecule has 0 atom stereocenters. The first-order valence-corrected chi connectivity index (χ1v) is 13.1. The molecule has 2 aromatic heterocycles. The lowest BCUT2D eigenvalue weighted by Gasteiger charge is -2.35. The number of piperidine rings is 1. The molecule has 2 amide bonds. The number of aryl methyl sites for hydroxylation is 1. The van der Waals surface area contributed by atoms with Crippen LogP contribution in [0.25, 0.3) is 10.2 Å². The molecule has 0 radical (unpaired) electrons. The van der Waals surface area contributed by atoms with E-state index in [1.165, 1.54) is 11.5 Å². The summed E-state index contributed by atoms with van der Waals surface area (Å²) in [4.78, 5) is 35.7. The molecule has 1 saturated heterocycles. The second kappa shape index (κ2) is 11.0. The lowest BCUT2D eigenvalue weighted by molar-refractivity contribution is -0.120. The first-order chi connectivity index (χ1) is 17.0. The molecule has 3 heterocycles. The van der Waals surface area contributed by atoms with Crippen LogP contribution in [-0.2, 0) is 4.79 Å². The topological polar surface area (TPSA) is 87.7 Å². The highest BCUT2D eigenvalue weighted by atomic mass is 32.1. The lowest BCUT2D eigenvalue weighted by atomic mass is 9.94. The average Bonchev–Trinajstić information content (AvgIpc) is 3.26. The second-order valence-electron chi connectivity index (χ2n) is 8.65. The molecule has 1 aromatic carbocycles. The highest BCUT2D eigenvalue weighted by Gasteiger charge is 2.30. The maximum atomic E-state index is 13.4. The summed E-state index contributed by atoms with van der Waals surface area (Å²) < 4.78 is 9.97. The Kier molecular flexibility index (Phi) is 7.85. The van der Waals surface area contributed by atoms with Gasteiger partial charge in [-0.15, -0.1) is 0 Å². The molecule has 0 aliphatic carbocycles. The number of carbonyl (C=O) groups is 2. The summed E-state index contributed by atoms with van der Waals surface area (Å²) in [7, 11) is 0. The Hall–Kier alpha value is -3.20. The van der Waals surface area contributed by atoms with Crippen molar-refractivity contribution in [3.63, 3.8) is 0 Å². The van der Waals surface area contributed by atoms with Crippen LogP contribution < -0.4 is 15.0 Å². The molecule has 0 bridgehead atoms. The van der Waals surface area contributed by atoms with Crippen LogP contribution in [0.15, 0.2) is 30.5 Å². The van der Waals surface area contributed by atoms with Gasteiger partial charge >= 0.3 is 0 Å². The summed E-state index contributed by atoms with van der Waals surface area (Å²) in [5.41, 5.74) is 3.17. The molecule has 8 nitrogen and oxygen atoms in total. The number of nitrogens with one attached hydrogen (secondary N) is 1. The van der Waals surface area contributed by atoms with E-state index < -0.39 is 0 Å². The van der Waals surface area contributed by atoms with Crippen LogP contribution in [0.3, 0.4) is 0 Å². The first-order valence-electron chi connectivity index (χ1n) is 12.3. The van der Waals surface area contributed by atoms with Crippen LogP contribution in [0, 0.1) is 12.8 Å². The van der Waals surface area contributed by atoms with Crippen LogP contribution in [-0.4, -0.2) is 58.9 Å². The van der Waals surface area contributed by atoms with Crippen LogP contribution in [0.1, 0.15) is 49.7 Å². The summed E-state index contributed by atoms with van der Waals surface area (Å²) in [6.07, 6.45) is 3.12. The zero-order valence-corrected chi connectivity index (χ0v) is 21.7. The van der Waals surface area contributed by atoms with Gasteiger partial charge in [0.05, 0.1) is 28.9 Å². The summed E-state index contributed by atoms with van der Waals surface area (Å²) in [5, 5.41) is 3.99. The first kappa shape index (κ1) is 24.9. The van der Waals surface area contributed by atoms with E-state index in [0.717, 1.165) is 33.0 Å². The van der Waals surface area contributed by atoms with E-state index in [4.69, 9.17) is 4.74 Å². The molecular weight excluding hydrogens is 462 g/mol. The standard InChI is InChI=1S/C26H33N5O3S/c1-5-30(6-2)26(33)21-16-27-25-22(17(4)29-35-25)23(21)31-14-12-18(13-15-31)24(32)28-19-8-10-20(11-9-19)34-7-3/h8-11,16,18H,5-7,12-15H2,1-4H3,(H,28,32). The zero-order valence-electron chi connectivity index (χ0n) is 20.8. The van der Waals surface area contributed by atoms with E-state index in [-0.39, 0.29) is 17.7 Å². The summed E-state index contributed by atoms with van der Waals surface area (Å²) in [5.74, 6) is 0.719. The predicted octanol–water partition coefficient (Wildman–Crippen LogP) is 4.74. The van der Waals surface area contributed by atoms with E-state index in [2.05, 4.69) is 19.6 Å². The fourth-order valence-corrected chi connectivity index (χ4v) is 5.36. The van der Waals surface area contributed by atoms with Gasteiger partial charge < -0.3 is 19.9 Å². The number of aromatic nitrogens is 2. The van der Waals surface area contributed by atoms with E-state index >= 15 is 0 Å². The summed E-state index contributed by atoms with van der Waals surface area (Å²) in [6.45, 7) is 11.1. The third kappa shape index (κ3) is 5.24. The van der Waals surface area contributed by atoms with Crippen LogP contribution in [0.2, 0.25) is 0 Å². The maximum absolute atomic E-state index is 13.4. The van der Waals surface area contributed by atoms with Crippen molar-refractivity contribution in [2.24, 2.45) is 5.92 Å². The Bertz CT molecular complexity index is 1180. The molecule has 1 N–H and O–H groups in total. The van der Waals surface area contributed by atoms with Crippen molar-refractivity contribution in [3.8, 4) is 5.75 Å². The Morgan fingerprint density at radius 2 is 1.83 bits per heavy atom. The van der Waals surface area contributed by atoms with Crippen molar-refractivity contribution in [2.75, 3.05) is 43.0 Å². The number of rotatable bonds is 8. The molecule has 4 rings (SSSR count). The molecule has 9 heteroatoms. The minimum absolute atomic E-state index is 0.0135. The van der Waals surface area contributed by atoms with Gasteiger partial charge in [0.25, 0.3) is 5.91 Å². The molecule has 1 aliphatic rings. The van der Waals surface area contributed by atoms with Gasteiger partial charge in [0, 0.05) is 44.0 Å². The molecule has 3 aromatic rings. The highest BCUT2D eigenvalue weighted by Crippen LogP contribution is 2.37. The van der Waals surface area contributed by atoms with Crippen molar-refractivity contribution < 1.29 is 14.3 Å². The Labute approximate surface area is 210 Å². The van der Waals surface area contributed by atoms with Gasteiger partial charge in [-0.05, 0) is 76.3 Å². The van der Waals surface area contributed by atoms with Gasteiger partial charge in [0.15, 0.2) is 0 Å². The molecule has 186 valence electrons. The third-order valence-electron chi connectivity index (χ3n) is 6.54. The minimum atomic E-state index is -0.0845. The fourth-order valence-electron chi connectivity index (χ4n) is 4.61. The maximum Gasteiger partial charge on any atom is 0.257 e. The number of carbonyl (C=O) groups excluding carboxylic acids is 2. The zero-order chi connectivity index (χ0) is 24.9. The monoisotopic (exact) mass is 495 g/mol. The van der Waals surface area contributed by atoms with Crippen LogP contribution in [0.4, 0.5) is 11.4 Å². The molecule has 35 heavy (non-hydrogen) atoms. The van der Waals surface area contributed by atoms with Gasteiger partial charge in [-0.25, -0.2) is 4.98 Å². The quantitative estimate of drug-likeness (QED) is 0.486. The van der Waals surface area contributed by atoms with E-state index in [9.17, 15) is 9.59 Å². The fraction of sp³-hybridized carbons (Fsp3) is 0.462. The third-order valence-corrected chi connectivity index (χ3v) is 7.39. The molecule has 0 unspecified atom stereocenters. The second-order valence-corrected chi connectivity index (χ2v) is 9.41. The van der Waals surface area contributed by atoms with E-state index in [1.807, 2.05) is 56.9 Å². The van der Waals surface area contributed by atoms with Gasteiger partial charge in [-0.1, -0.05) is 0 Å². The van der Waals surface area contributed by atoms with Crippen molar-refractivity contribution in [1.29, 1.82) is 0 Å². The number of anilines is 2. The largest absolute Gasteiger partial charge is 0.494 e. The van der Waals surface area contributed by atoms with Crippen LogP contribution >= 0.6 is 11.5 Å². The van der Waals surface area contributed by atoms with E-state index in [0.29, 0.717) is 51.2 Å². The predicted molar refractivity (Wildman–Crippen MR) is 141 cm³/mol. The van der Waals surface area contributed by atoms with Crippen molar-refractivity contribution in [1.82, 2.24) is 14.3 Å². The van der Waals surface area contributed by atoms with Gasteiger partial charge in [-0.3, -0.25) is 9.59 Å². The van der Waals surface area contributed by atoms with E-state index in [1.54, 1.807) is 6.20 Å². The van der Waals surface area contributed by atoms with Gasteiger partial charge in [0.1, 0.15) is 10.6 Å². The Morgan fingerprint density at radius 3 is 2.46 bits per heavy atom. The molecule has 1 fully saturated rings. The number of hydrogen-bond acceptors (Lipinski definition) is 7. The Morgan fingerprint density at radius 1 is 1.14 bits per heavy atom. The van der Waals surface area contributed by atoms with Gasteiger partial charge in [0.2, 0.25) is 5.91 Å². The Balaban J connectivity index is 1.51. The summed E-state index contributed by atoms with van der Waals surface area (Å²) in [6, 6.07) is 7.45. The molecule has 0 spiro atoms. The van der Waals surface area contributed by atoms with Crippen LogP contribution in [0.5, 0.6) is 5.75 Å². The normalized spacial score (nSPS) is 14.2. The number of amides is 2.